The van der Waals surface area contributed by atoms with E-state index in [0.29, 0.717) is 6.54 Å². The smallest absolute Gasteiger partial charge is 0.248 e. The van der Waals surface area contributed by atoms with Gasteiger partial charge in [0.05, 0.1) is 6.54 Å². The SMILES string of the molecule is C=C/C=C(\C=C/C)CN1CCN(CC(=O)NN)CC1. The van der Waals surface area contributed by atoms with Gasteiger partial charge in [-0.3, -0.25) is 20.0 Å². The van der Waals surface area contributed by atoms with Gasteiger partial charge in [0.15, 0.2) is 0 Å². The fourth-order valence-corrected chi connectivity index (χ4v) is 2.14. The van der Waals surface area contributed by atoms with Gasteiger partial charge in [0, 0.05) is 32.7 Å². The van der Waals surface area contributed by atoms with Crippen LogP contribution in [0.25, 0.3) is 0 Å². The molecule has 19 heavy (non-hydrogen) atoms. The second-order valence-electron chi connectivity index (χ2n) is 4.60. The lowest BCUT2D eigenvalue weighted by molar-refractivity contribution is -0.122. The molecule has 1 saturated heterocycles. The molecule has 1 aliphatic heterocycles. The van der Waals surface area contributed by atoms with Crippen molar-refractivity contribution in [3.63, 3.8) is 0 Å². The maximum Gasteiger partial charge on any atom is 0.248 e. The third-order valence-corrected chi connectivity index (χ3v) is 3.11. The minimum absolute atomic E-state index is 0.130. The summed E-state index contributed by atoms with van der Waals surface area (Å²) < 4.78 is 0. The third kappa shape index (κ3) is 5.83. The molecule has 1 aliphatic rings. The molecule has 5 heteroatoms. The summed E-state index contributed by atoms with van der Waals surface area (Å²) in [6.45, 7) is 10.8. The number of allylic oxidation sites excluding steroid dienone is 3. The number of hydrogen-bond donors (Lipinski definition) is 2. The first kappa shape index (κ1) is 15.6. The summed E-state index contributed by atoms with van der Waals surface area (Å²) in [4.78, 5) is 15.7. The molecule has 0 aliphatic carbocycles. The quantitative estimate of drug-likeness (QED) is 0.313. The summed E-state index contributed by atoms with van der Waals surface area (Å²) in [6, 6.07) is 0. The van der Waals surface area contributed by atoms with E-state index in [2.05, 4.69) is 27.9 Å². The number of carbonyl (C=O) groups is 1. The Balaban J connectivity index is 2.39. The van der Waals surface area contributed by atoms with Crippen molar-refractivity contribution in [3.05, 3.63) is 36.5 Å². The predicted octanol–water partition coefficient (Wildman–Crippen LogP) is 0.282. The van der Waals surface area contributed by atoms with Crippen LogP contribution in [0.5, 0.6) is 0 Å². The molecule has 0 spiro atoms. The minimum Gasteiger partial charge on any atom is -0.297 e. The van der Waals surface area contributed by atoms with E-state index < -0.39 is 0 Å². The van der Waals surface area contributed by atoms with E-state index in [1.165, 1.54) is 5.57 Å². The zero-order valence-electron chi connectivity index (χ0n) is 11.6. The molecule has 1 rings (SSSR count). The predicted molar refractivity (Wildman–Crippen MR) is 78.3 cm³/mol. The third-order valence-electron chi connectivity index (χ3n) is 3.11. The lowest BCUT2D eigenvalue weighted by atomic mass is 10.2. The number of nitrogens with one attached hydrogen (secondary N) is 1. The van der Waals surface area contributed by atoms with Crippen LogP contribution in [0, 0.1) is 0 Å². The maximum absolute atomic E-state index is 11.2. The minimum atomic E-state index is -0.130. The Morgan fingerprint density at radius 1 is 1.26 bits per heavy atom. The van der Waals surface area contributed by atoms with E-state index in [1.807, 2.05) is 25.2 Å². The van der Waals surface area contributed by atoms with Gasteiger partial charge < -0.3 is 0 Å². The van der Waals surface area contributed by atoms with Crippen molar-refractivity contribution in [1.29, 1.82) is 0 Å². The van der Waals surface area contributed by atoms with Crippen molar-refractivity contribution >= 4 is 5.91 Å². The van der Waals surface area contributed by atoms with E-state index in [4.69, 9.17) is 5.84 Å². The van der Waals surface area contributed by atoms with E-state index in [1.54, 1.807) is 0 Å². The van der Waals surface area contributed by atoms with E-state index >= 15 is 0 Å². The summed E-state index contributed by atoms with van der Waals surface area (Å²) in [5.74, 6) is 4.96. The van der Waals surface area contributed by atoms with Crippen LogP contribution in [-0.4, -0.2) is 55.0 Å². The van der Waals surface area contributed by atoms with Gasteiger partial charge in [-0.2, -0.15) is 0 Å². The number of hydrogen-bond acceptors (Lipinski definition) is 4. The number of amides is 1. The number of carbonyl (C=O) groups excluding carboxylic acids is 1. The molecule has 5 nitrogen and oxygen atoms in total. The van der Waals surface area contributed by atoms with Gasteiger partial charge in [-0.25, -0.2) is 5.84 Å². The van der Waals surface area contributed by atoms with Gasteiger partial charge in [-0.15, -0.1) is 0 Å². The number of nitrogens with zero attached hydrogens (tertiary/aromatic N) is 2. The lowest BCUT2D eigenvalue weighted by Crippen LogP contribution is -2.50. The summed E-state index contributed by atoms with van der Waals surface area (Å²) in [5, 5.41) is 0. The van der Waals surface area contributed by atoms with Crippen molar-refractivity contribution in [1.82, 2.24) is 15.2 Å². The van der Waals surface area contributed by atoms with Crippen LogP contribution >= 0.6 is 0 Å². The largest absolute Gasteiger partial charge is 0.297 e. The van der Waals surface area contributed by atoms with Gasteiger partial charge in [0.2, 0.25) is 5.91 Å². The van der Waals surface area contributed by atoms with Crippen molar-refractivity contribution in [2.75, 3.05) is 39.3 Å². The highest BCUT2D eigenvalue weighted by Crippen LogP contribution is 2.06. The van der Waals surface area contributed by atoms with Crippen LogP contribution in [0.1, 0.15) is 6.92 Å². The first-order chi connectivity index (χ1) is 9.19. The lowest BCUT2D eigenvalue weighted by Gasteiger charge is -2.34. The van der Waals surface area contributed by atoms with Gasteiger partial charge in [-0.1, -0.05) is 30.9 Å². The molecule has 1 heterocycles. The number of piperazine rings is 1. The van der Waals surface area contributed by atoms with Gasteiger partial charge >= 0.3 is 0 Å². The van der Waals surface area contributed by atoms with E-state index in [-0.39, 0.29) is 5.91 Å². The van der Waals surface area contributed by atoms with E-state index in [9.17, 15) is 4.79 Å². The van der Waals surface area contributed by atoms with Crippen LogP contribution in [0.15, 0.2) is 36.5 Å². The Bertz CT molecular complexity index is 354. The van der Waals surface area contributed by atoms with Crippen LogP contribution in [-0.2, 0) is 4.79 Å². The van der Waals surface area contributed by atoms with Crippen LogP contribution in [0.3, 0.4) is 0 Å². The monoisotopic (exact) mass is 264 g/mol. The van der Waals surface area contributed by atoms with Crippen molar-refractivity contribution < 1.29 is 4.79 Å². The summed E-state index contributed by atoms with van der Waals surface area (Å²) in [5.41, 5.74) is 3.42. The molecule has 3 N–H and O–H groups in total. The molecule has 1 fully saturated rings. The summed E-state index contributed by atoms with van der Waals surface area (Å²) in [7, 11) is 0. The highest BCUT2D eigenvalue weighted by atomic mass is 16.2. The Labute approximate surface area is 115 Å². The zero-order valence-corrected chi connectivity index (χ0v) is 11.6. The summed E-state index contributed by atoms with van der Waals surface area (Å²) >= 11 is 0. The fourth-order valence-electron chi connectivity index (χ4n) is 2.14. The Morgan fingerprint density at radius 2 is 1.84 bits per heavy atom. The second-order valence-corrected chi connectivity index (χ2v) is 4.60. The van der Waals surface area contributed by atoms with E-state index in [0.717, 1.165) is 32.7 Å². The topological polar surface area (TPSA) is 61.6 Å². The van der Waals surface area contributed by atoms with Gasteiger partial charge in [-0.05, 0) is 12.5 Å². The molecule has 0 aromatic carbocycles. The molecular weight excluding hydrogens is 240 g/mol. The molecular formula is C14H24N4O. The molecule has 0 atom stereocenters. The Hall–Kier alpha value is -1.43. The van der Waals surface area contributed by atoms with Crippen LogP contribution in [0.4, 0.5) is 0 Å². The van der Waals surface area contributed by atoms with Crippen molar-refractivity contribution in [2.24, 2.45) is 5.84 Å². The molecule has 106 valence electrons. The van der Waals surface area contributed by atoms with Crippen molar-refractivity contribution in [2.45, 2.75) is 6.92 Å². The molecule has 0 aromatic rings. The van der Waals surface area contributed by atoms with Gasteiger partial charge in [0.25, 0.3) is 0 Å². The first-order valence-corrected chi connectivity index (χ1v) is 6.58. The first-order valence-electron chi connectivity index (χ1n) is 6.58. The van der Waals surface area contributed by atoms with Crippen LogP contribution < -0.4 is 11.3 Å². The maximum atomic E-state index is 11.2. The number of rotatable bonds is 6. The normalized spacial score (nSPS) is 18.7. The average molecular weight is 264 g/mol. The number of hydrazine groups is 1. The summed E-state index contributed by atoms with van der Waals surface area (Å²) in [6.07, 6.45) is 8.00. The van der Waals surface area contributed by atoms with Gasteiger partial charge in [0.1, 0.15) is 0 Å². The fraction of sp³-hybridized carbons (Fsp3) is 0.500. The molecule has 0 aromatic heterocycles. The average Bonchev–Trinajstić information content (AvgIpc) is 2.41. The number of nitrogens with two attached hydrogens (primary N) is 1. The molecule has 0 radical (unpaired) electrons. The zero-order chi connectivity index (χ0) is 14.1. The second kappa shape index (κ2) is 8.63. The molecule has 0 bridgehead atoms. The standard InChI is InChI=1S/C14H24N4O/c1-3-5-13(6-4-2)11-17-7-9-18(10-8-17)12-14(19)16-15/h3-6H,1,7-12,15H2,2H3,(H,16,19)/b6-4-,13-5+. The Kier molecular flexibility index (Phi) is 7.10. The Morgan fingerprint density at radius 3 is 2.32 bits per heavy atom. The molecule has 1 amide bonds. The molecule has 0 unspecified atom stereocenters. The van der Waals surface area contributed by atoms with Crippen molar-refractivity contribution in [3.8, 4) is 0 Å². The van der Waals surface area contributed by atoms with Crippen LogP contribution in [0.2, 0.25) is 0 Å². The highest BCUT2D eigenvalue weighted by Gasteiger charge is 2.18. The highest BCUT2D eigenvalue weighted by molar-refractivity contribution is 5.77. The molecule has 0 saturated carbocycles.